The Kier molecular flexibility index (Phi) is 4.16. The van der Waals surface area contributed by atoms with E-state index in [9.17, 15) is 4.79 Å². The molecule has 1 aromatic rings. The van der Waals surface area contributed by atoms with E-state index >= 15 is 0 Å². The fourth-order valence-electron chi connectivity index (χ4n) is 4.54. The smallest absolute Gasteiger partial charge is 0.225 e. The van der Waals surface area contributed by atoms with Crippen molar-refractivity contribution >= 4 is 5.91 Å². The van der Waals surface area contributed by atoms with Crippen LogP contribution in [-0.4, -0.2) is 33.4 Å². The summed E-state index contributed by atoms with van der Waals surface area (Å²) in [6, 6.07) is 0.545. The van der Waals surface area contributed by atoms with Crippen LogP contribution in [0.15, 0.2) is 6.20 Å². The molecule has 23 heavy (non-hydrogen) atoms. The lowest BCUT2D eigenvalue weighted by Crippen LogP contribution is -2.42. The molecule has 0 atom stereocenters. The molecule has 4 nitrogen and oxygen atoms in total. The Bertz CT molecular complexity index is 561. The van der Waals surface area contributed by atoms with Crippen LogP contribution in [0.1, 0.15) is 81.3 Å². The maximum Gasteiger partial charge on any atom is 0.225 e. The van der Waals surface area contributed by atoms with E-state index in [0.717, 1.165) is 38.8 Å². The van der Waals surface area contributed by atoms with Crippen LogP contribution in [0, 0.1) is 12.8 Å². The van der Waals surface area contributed by atoms with Gasteiger partial charge in [0.05, 0.1) is 0 Å². The van der Waals surface area contributed by atoms with Crippen LogP contribution in [0.2, 0.25) is 0 Å². The maximum atomic E-state index is 12.7. The molecular weight excluding hydrogens is 286 g/mol. The molecule has 4 heteroatoms. The van der Waals surface area contributed by atoms with E-state index in [-0.39, 0.29) is 0 Å². The van der Waals surface area contributed by atoms with Crippen molar-refractivity contribution in [2.75, 3.05) is 13.1 Å². The van der Waals surface area contributed by atoms with Crippen molar-refractivity contribution in [3.63, 3.8) is 0 Å². The van der Waals surface area contributed by atoms with Gasteiger partial charge in [-0.05, 0) is 45.4 Å². The molecule has 1 amide bonds. The minimum absolute atomic E-state index is 0.317. The predicted octanol–water partition coefficient (Wildman–Crippen LogP) is 3.81. The average Bonchev–Trinajstić information content (AvgIpc) is 3.38. The summed E-state index contributed by atoms with van der Waals surface area (Å²) in [5.41, 5.74) is 1.30. The molecule has 2 saturated carbocycles. The van der Waals surface area contributed by atoms with Crippen molar-refractivity contribution < 1.29 is 4.79 Å². The number of likely N-dealkylation sites (tertiary alicyclic amines) is 1. The quantitative estimate of drug-likeness (QED) is 0.850. The number of carbonyl (C=O) groups excluding carboxylic acids is 1. The van der Waals surface area contributed by atoms with E-state index in [1.165, 1.54) is 43.6 Å². The molecule has 3 aliphatic rings. The van der Waals surface area contributed by atoms with Crippen molar-refractivity contribution in [2.45, 2.75) is 76.7 Å². The van der Waals surface area contributed by atoms with E-state index in [4.69, 9.17) is 0 Å². The Balaban J connectivity index is 1.39. The molecule has 2 heterocycles. The van der Waals surface area contributed by atoms with E-state index in [1.54, 1.807) is 0 Å². The number of hydrogen-bond acceptors (Lipinski definition) is 2. The lowest BCUT2D eigenvalue weighted by atomic mass is 9.87. The molecule has 1 aliphatic heterocycles. The van der Waals surface area contributed by atoms with E-state index in [2.05, 4.69) is 21.4 Å². The zero-order chi connectivity index (χ0) is 15.8. The number of aromatic nitrogens is 2. The summed E-state index contributed by atoms with van der Waals surface area (Å²) in [6.07, 6.45) is 12.9. The third-order valence-electron chi connectivity index (χ3n) is 6.05. The van der Waals surface area contributed by atoms with Crippen LogP contribution >= 0.6 is 0 Å². The minimum Gasteiger partial charge on any atom is -0.342 e. The second-order valence-corrected chi connectivity index (χ2v) is 7.79. The van der Waals surface area contributed by atoms with Gasteiger partial charge in [0.25, 0.3) is 0 Å². The summed E-state index contributed by atoms with van der Waals surface area (Å²) in [5.74, 6) is 2.76. The third-order valence-corrected chi connectivity index (χ3v) is 6.05. The van der Waals surface area contributed by atoms with Gasteiger partial charge >= 0.3 is 0 Å². The fraction of sp³-hybridized carbons (Fsp3) is 0.789. The first-order valence-corrected chi connectivity index (χ1v) is 9.56. The van der Waals surface area contributed by atoms with Crippen molar-refractivity contribution in [2.24, 2.45) is 5.92 Å². The Morgan fingerprint density at radius 3 is 2.39 bits per heavy atom. The van der Waals surface area contributed by atoms with Crippen molar-refractivity contribution in [1.82, 2.24) is 14.5 Å². The second-order valence-electron chi connectivity index (χ2n) is 7.79. The number of piperidine rings is 1. The number of rotatable bonds is 3. The highest BCUT2D eigenvalue weighted by Gasteiger charge is 2.34. The van der Waals surface area contributed by atoms with Crippen LogP contribution < -0.4 is 0 Å². The Labute approximate surface area is 139 Å². The van der Waals surface area contributed by atoms with Crippen LogP contribution in [0.4, 0.5) is 0 Å². The van der Waals surface area contributed by atoms with Crippen LogP contribution in [0.3, 0.4) is 0 Å². The number of nitrogens with zero attached hydrogens (tertiary/aromatic N) is 3. The van der Waals surface area contributed by atoms with Crippen LogP contribution in [0.5, 0.6) is 0 Å². The highest BCUT2D eigenvalue weighted by atomic mass is 16.2. The van der Waals surface area contributed by atoms with E-state index in [1.807, 2.05) is 6.20 Å². The zero-order valence-corrected chi connectivity index (χ0v) is 14.3. The minimum atomic E-state index is 0.317. The summed E-state index contributed by atoms with van der Waals surface area (Å²) < 4.78 is 2.49. The topological polar surface area (TPSA) is 38.1 Å². The van der Waals surface area contributed by atoms with Crippen LogP contribution in [0.25, 0.3) is 0 Å². The van der Waals surface area contributed by atoms with Gasteiger partial charge in [-0.15, -0.1) is 0 Å². The summed E-state index contributed by atoms with van der Waals surface area (Å²) in [7, 11) is 0. The maximum absolute atomic E-state index is 12.7. The number of amides is 1. The Morgan fingerprint density at radius 1 is 1.04 bits per heavy atom. The summed E-state index contributed by atoms with van der Waals surface area (Å²) >= 11 is 0. The molecule has 1 saturated heterocycles. The number of aryl methyl sites for hydroxylation is 1. The lowest BCUT2D eigenvalue weighted by molar-refractivity contribution is -0.137. The summed E-state index contributed by atoms with van der Waals surface area (Å²) in [5, 5.41) is 0. The van der Waals surface area contributed by atoms with Crippen molar-refractivity contribution in [3.05, 3.63) is 17.7 Å². The first-order valence-electron chi connectivity index (χ1n) is 9.56. The highest BCUT2D eigenvalue weighted by molar-refractivity contribution is 5.79. The van der Waals surface area contributed by atoms with Gasteiger partial charge in [-0.1, -0.05) is 19.3 Å². The molecule has 4 rings (SSSR count). The third kappa shape index (κ3) is 3.05. The molecular formula is C19H29N3O. The van der Waals surface area contributed by atoms with Gasteiger partial charge in [0, 0.05) is 42.9 Å². The first kappa shape index (κ1) is 15.2. The van der Waals surface area contributed by atoms with Gasteiger partial charge in [0.15, 0.2) is 0 Å². The monoisotopic (exact) mass is 315 g/mol. The molecule has 1 aromatic heterocycles. The molecule has 0 N–H and O–H groups in total. The van der Waals surface area contributed by atoms with E-state index in [0.29, 0.717) is 23.8 Å². The summed E-state index contributed by atoms with van der Waals surface area (Å²) in [4.78, 5) is 19.5. The number of hydrogen-bond donors (Lipinski definition) is 0. The lowest BCUT2D eigenvalue weighted by Gasteiger charge is -2.36. The average molecular weight is 315 g/mol. The Hall–Kier alpha value is -1.32. The standard InChI is InChI=1S/C19H29N3O/c1-14-13-20-18(15-7-8-15)22(14)17-9-11-21(12-10-17)19(23)16-5-3-2-4-6-16/h13,15-17H,2-12H2,1H3. The molecule has 0 unspecified atom stereocenters. The van der Waals surface area contributed by atoms with Gasteiger partial charge in [0.2, 0.25) is 5.91 Å². The summed E-state index contributed by atoms with van der Waals surface area (Å²) in [6.45, 7) is 4.04. The fourth-order valence-corrected chi connectivity index (χ4v) is 4.54. The zero-order valence-electron chi connectivity index (χ0n) is 14.3. The second kappa shape index (κ2) is 6.29. The van der Waals surface area contributed by atoms with Crippen LogP contribution in [-0.2, 0) is 4.79 Å². The van der Waals surface area contributed by atoms with Crippen molar-refractivity contribution in [3.8, 4) is 0 Å². The van der Waals surface area contributed by atoms with Gasteiger partial charge in [-0.3, -0.25) is 4.79 Å². The van der Waals surface area contributed by atoms with Gasteiger partial charge < -0.3 is 9.47 Å². The molecule has 0 radical (unpaired) electrons. The van der Waals surface area contributed by atoms with Gasteiger partial charge in [-0.25, -0.2) is 4.98 Å². The molecule has 126 valence electrons. The molecule has 0 bridgehead atoms. The normalized spacial score (nSPS) is 24.1. The molecule has 2 aliphatic carbocycles. The van der Waals surface area contributed by atoms with E-state index < -0.39 is 0 Å². The molecule has 3 fully saturated rings. The molecule has 0 aromatic carbocycles. The van der Waals surface area contributed by atoms with Gasteiger partial charge in [0.1, 0.15) is 5.82 Å². The van der Waals surface area contributed by atoms with Crippen molar-refractivity contribution in [1.29, 1.82) is 0 Å². The first-order chi connectivity index (χ1) is 11.2. The molecule has 0 spiro atoms. The number of imidazole rings is 1. The predicted molar refractivity (Wildman–Crippen MR) is 90.4 cm³/mol. The Morgan fingerprint density at radius 2 is 1.74 bits per heavy atom. The van der Waals surface area contributed by atoms with Gasteiger partial charge in [-0.2, -0.15) is 0 Å². The number of carbonyl (C=O) groups is 1. The SMILES string of the molecule is Cc1cnc(C2CC2)n1C1CCN(C(=O)C2CCCCC2)CC1. The largest absolute Gasteiger partial charge is 0.342 e. The highest BCUT2D eigenvalue weighted by Crippen LogP contribution is 2.41.